The highest BCUT2D eigenvalue weighted by Gasteiger charge is 2.30. The molecule has 1 saturated heterocycles. The Balaban J connectivity index is 1.82. The molecule has 0 saturated carbocycles. The Morgan fingerprint density at radius 1 is 1.44 bits per heavy atom. The predicted octanol–water partition coefficient (Wildman–Crippen LogP) is 2.19. The van der Waals surface area contributed by atoms with E-state index in [-0.39, 0.29) is 12.1 Å². The zero-order valence-electron chi connectivity index (χ0n) is 14.5. The molecule has 2 N–H and O–H groups in total. The van der Waals surface area contributed by atoms with Gasteiger partial charge in [-0.3, -0.25) is 15.3 Å². The lowest BCUT2D eigenvalue weighted by molar-refractivity contribution is 0.0158. The standard InChI is InChI=1S/C17H23ClN6O/c1-12(23-5-3-6-24(23)19)14-8-15(18)16-9-20-11-22(16)17(14)21-7-4-13(10-21)25-2/h3,5,8-9,11-13H,4,6-7,10,19H2,1-2H3. The van der Waals surface area contributed by atoms with Crippen molar-refractivity contribution in [2.24, 2.45) is 5.84 Å². The van der Waals surface area contributed by atoms with Crippen molar-refractivity contribution in [3.63, 3.8) is 0 Å². The van der Waals surface area contributed by atoms with Crippen LogP contribution in [0.3, 0.4) is 0 Å². The summed E-state index contributed by atoms with van der Waals surface area (Å²) in [5, 5.41) is 4.43. The number of pyridine rings is 1. The Morgan fingerprint density at radius 2 is 2.28 bits per heavy atom. The summed E-state index contributed by atoms with van der Waals surface area (Å²) in [6, 6.07) is 2.09. The van der Waals surface area contributed by atoms with Gasteiger partial charge in [0.05, 0.1) is 35.4 Å². The van der Waals surface area contributed by atoms with Crippen LogP contribution in [0, 0.1) is 0 Å². The molecule has 1 fully saturated rings. The highest BCUT2D eigenvalue weighted by molar-refractivity contribution is 6.34. The van der Waals surface area contributed by atoms with Crippen molar-refractivity contribution in [3.8, 4) is 0 Å². The molecule has 0 amide bonds. The summed E-state index contributed by atoms with van der Waals surface area (Å²) in [6.07, 6.45) is 8.94. The number of ether oxygens (including phenoxy) is 1. The maximum Gasteiger partial charge on any atom is 0.120 e. The van der Waals surface area contributed by atoms with Crippen LogP contribution in [-0.2, 0) is 4.74 Å². The number of anilines is 1. The lowest BCUT2D eigenvalue weighted by atomic mass is 10.1. The molecule has 2 unspecified atom stereocenters. The van der Waals surface area contributed by atoms with E-state index in [1.54, 1.807) is 18.4 Å². The molecule has 2 aliphatic rings. The first-order valence-electron chi connectivity index (χ1n) is 8.49. The summed E-state index contributed by atoms with van der Waals surface area (Å²) in [5.74, 6) is 7.22. The molecule has 25 heavy (non-hydrogen) atoms. The van der Waals surface area contributed by atoms with E-state index in [4.69, 9.17) is 22.2 Å². The lowest BCUT2D eigenvalue weighted by Crippen LogP contribution is -2.42. The summed E-state index contributed by atoms with van der Waals surface area (Å²) >= 11 is 6.54. The summed E-state index contributed by atoms with van der Waals surface area (Å²) in [6.45, 7) is 4.64. The van der Waals surface area contributed by atoms with Crippen LogP contribution < -0.4 is 10.7 Å². The number of hydrogen-bond acceptors (Lipinski definition) is 6. The molecule has 2 aliphatic heterocycles. The van der Waals surface area contributed by atoms with Gasteiger partial charge in [-0.05, 0) is 25.5 Å². The third-order valence-electron chi connectivity index (χ3n) is 5.12. The van der Waals surface area contributed by atoms with Gasteiger partial charge in [-0.25, -0.2) is 4.98 Å². The fourth-order valence-electron chi connectivity index (χ4n) is 3.75. The second kappa shape index (κ2) is 6.49. The summed E-state index contributed by atoms with van der Waals surface area (Å²) in [5.41, 5.74) is 2.03. The minimum atomic E-state index is 0.0460. The number of imidazole rings is 1. The molecular formula is C17H23ClN6O. The molecule has 134 valence electrons. The molecule has 0 spiro atoms. The molecule has 2 aromatic heterocycles. The van der Waals surface area contributed by atoms with Crippen LogP contribution in [0.25, 0.3) is 5.52 Å². The first kappa shape index (κ1) is 16.7. The van der Waals surface area contributed by atoms with Gasteiger partial charge in [0.2, 0.25) is 0 Å². The van der Waals surface area contributed by atoms with E-state index in [1.807, 2.05) is 29.7 Å². The van der Waals surface area contributed by atoms with E-state index >= 15 is 0 Å². The van der Waals surface area contributed by atoms with E-state index in [2.05, 4.69) is 21.2 Å². The molecular weight excluding hydrogens is 340 g/mol. The largest absolute Gasteiger partial charge is 0.380 e. The Kier molecular flexibility index (Phi) is 4.33. The van der Waals surface area contributed by atoms with Crippen molar-refractivity contribution in [2.45, 2.75) is 25.5 Å². The zero-order valence-corrected chi connectivity index (χ0v) is 15.2. The molecule has 4 rings (SSSR count). The number of aromatic nitrogens is 2. The number of methoxy groups -OCH3 is 1. The SMILES string of the molecule is COC1CCN(c2c(C(C)N3C=CCN3N)cc(Cl)c3cncn23)C1. The van der Waals surface area contributed by atoms with Gasteiger partial charge in [-0.2, -0.15) is 5.12 Å². The van der Waals surface area contributed by atoms with Gasteiger partial charge < -0.3 is 9.64 Å². The molecule has 0 radical (unpaired) electrons. The van der Waals surface area contributed by atoms with Crippen molar-refractivity contribution in [2.75, 3.05) is 31.6 Å². The quantitative estimate of drug-likeness (QED) is 0.841. The number of hydrazine groups is 2. The van der Waals surface area contributed by atoms with Crippen molar-refractivity contribution in [1.29, 1.82) is 0 Å². The van der Waals surface area contributed by atoms with E-state index in [9.17, 15) is 0 Å². The fourth-order valence-corrected chi connectivity index (χ4v) is 4.00. The van der Waals surface area contributed by atoms with E-state index in [0.717, 1.165) is 36.4 Å². The smallest absolute Gasteiger partial charge is 0.120 e. The van der Waals surface area contributed by atoms with Gasteiger partial charge in [0.1, 0.15) is 12.1 Å². The monoisotopic (exact) mass is 362 g/mol. The van der Waals surface area contributed by atoms with E-state index < -0.39 is 0 Å². The van der Waals surface area contributed by atoms with Crippen LogP contribution >= 0.6 is 11.6 Å². The van der Waals surface area contributed by atoms with Gasteiger partial charge >= 0.3 is 0 Å². The molecule has 2 aromatic rings. The third-order valence-corrected chi connectivity index (χ3v) is 5.43. The molecule has 8 heteroatoms. The molecule has 0 aliphatic carbocycles. The fraction of sp³-hybridized carbons (Fsp3) is 0.471. The highest BCUT2D eigenvalue weighted by Crippen LogP contribution is 2.37. The maximum absolute atomic E-state index is 6.54. The van der Waals surface area contributed by atoms with Crippen molar-refractivity contribution in [1.82, 2.24) is 19.5 Å². The van der Waals surface area contributed by atoms with Crippen LogP contribution in [-0.4, -0.2) is 52.4 Å². The molecule has 4 heterocycles. The van der Waals surface area contributed by atoms with Crippen molar-refractivity contribution >= 4 is 22.9 Å². The van der Waals surface area contributed by atoms with Gasteiger partial charge in [-0.15, -0.1) is 0 Å². The van der Waals surface area contributed by atoms with Crippen molar-refractivity contribution in [3.05, 3.63) is 41.5 Å². The van der Waals surface area contributed by atoms with E-state index in [1.165, 1.54) is 0 Å². The number of nitrogens with two attached hydrogens (primary N) is 1. The molecule has 0 bridgehead atoms. The van der Waals surface area contributed by atoms with Crippen LogP contribution in [0.15, 0.2) is 30.9 Å². The second-order valence-corrected chi connectivity index (χ2v) is 6.98. The number of rotatable bonds is 4. The Labute approximate surface area is 152 Å². The highest BCUT2D eigenvalue weighted by atomic mass is 35.5. The number of nitrogens with zero attached hydrogens (tertiary/aromatic N) is 5. The van der Waals surface area contributed by atoms with Crippen LogP contribution in [0.1, 0.15) is 24.9 Å². The third kappa shape index (κ3) is 2.77. The first-order valence-corrected chi connectivity index (χ1v) is 8.87. The minimum absolute atomic E-state index is 0.0460. The molecule has 0 aromatic carbocycles. The average Bonchev–Trinajstić information content (AvgIpc) is 3.34. The van der Waals surface area contributed by atoms with Crippen LogP contribution in [0.5, 0.6) is 0 Å². The van der Waals surface area contributed by atoms with Gasteiger partial charge in [0, 0.05) is 32.0 Å². The normalized spacial score (nSPS) is 22.5. The summed E-state index contributed by atoms with van der Waals surface area (Å²) in [4.78, 5) is 6.66. The van der Waals surface area contributed by atoms with Gasteiger partial charge in [0.15, 0.2) is 0 Å². The average molecular weight is 363 g/mol. The summed E-state index contributed by atoms with van der Waals surface area (Å²) in [7, 11) is 1.77. The van der Waals surface area contributed by atoms with E-state index in [0.29, 0.717) is 11.6 Å². The topological polar surface area (TPSA) is 62.3 Å². The molecule has 2 atom stereocenters. The summed E-state index contributed by atoms with van der Waals surface area (Å²) < 4.78 is 7.63. The molecule has 7 nitrogen and oxygen atoms in total. The Morgan fingerprint density at radius 3 is 2.96 bits per heavy atom. The number of halogens is 1. The van der Waals surface area contributed by atoms with Crippen molar-refractivity contribution < 1.29 is 4.74 Å². The Hall–Kier alpha value is -1.80. The van der Waals surface area contributed by atoms with Gasteiger partial charge in [0.25, 0.3) is 0 Å². The minimum Gasteiger partial charge on any atom is -0.380 e. The van der Waals surface area contributed by atoms with Gasteiger partial charge in [-0.1, -0.05) is 11.6 Å². The zero-order chi connectivity index (χ0) is 17.6. The predicted molar refractivity (Wildman–Crippen MR) is 98.1 cm³/mol. The first-order chi connectivity index (χ1) is 12.1. The second-order valence-electron chi connectivity index (χ2n) is 6.58. The van der Waals surface area contributed by atoms with Crippen LogP contribution in [0.4, 0.5) is 5.82 Å². The number of hydrogen-bond donors (Lipinski definition) is 1. The maximum atomic E-state index is 6.54. The lowest BCUT2D eigenvalue weighted by Gasteiger charge is -2.34. The Bertz CT molecular complexity index is 806. The number of fused-ring (bicyclic) bond motifs is 1. The van der Waals surface area contributed by atoms with Crippen LogP contribution in [0.2, 0.25) is 5.02 Å².